The summed E-state index contributed by atoms with van der Waals surface area (Å²) in [7, 11) is 1.72. The third kappa shape index (κ3) is 2.75. The standard InChI is InChI=1S/C18H27NO3/c1-13-7-17(21-3)14(2)6-15(13)8-19-9-16-4-5-22-12-18(16,10-19)11-20/h6-7,16,20H,4-5,8-12H2,1-3H3/t16-,18+/m0/s1. The van der Waals surface area contributed by atoms with Crippen LogP contribution in [0.2, 0.25) is 0 Å². The summed E-state index contributed by atoms with van der Waals surface area (Å²) >= 11 is 0. The molecule has 0 spiro atoms. The number of rotatable bonds is 4. The van der Waals surface area contributed by atoms with Crippen molar-refractivity contribution >= 4 is 0 Å². The summed E-state index contributed by atoms with van der Waals surface area (Å²) in [6, 6.07) is 4.36. The molecule has 0 radical (unpaired) electrons. The number of aliphatic hydroxyl groups is 1. The van der Waals surface area contributed by atoms with Gasteiger partial charge in [0.15, 0.2) is 0 Å². The molecule has 2 aliphatic heterocycles. The number of benzene rings is 1. The van der Waals surface area contributed by atoms with Gasteiger partial charge >= 0.3 is 0 Å². The molecular weight excluding hydrogens is 278 g/mol. The number of aryl methyl sites for hydroxylation is 2. The fraction of sp³-hybridized carbons (Fsp3) is 0.667. The minimum atomic E-state index is -0.0479. The topological polar surface area (TPSA) is 41.9 Å². The molecule has 2 saturated heterocycles. The van der Waals surface area contributed by atoms with Gasteiger partial charge in [-0.25, -0.2) is 0 Å². The summed E-state index contributed by atoms with van der Waals surface area (Å²) in [5.74, 6) is 1.52. The van der Waals surface area contributed by atoms with Crippen LogP contribution in [-0.2, 0) is 11.3 Å². The number of likely N-dealkylation sites (tertiary alicyclic amines) is 1. The molecule has 2 fully saturated rings. The lowest BCUT2D eigenvalue weighted by Crippen LogP contribution is -2.42. The van der Waals surface area contributed by atoms with Crippen LogP contribution in [0.5, 0.6) is 5.75 Å². The second kappa shape index (κ2) is 6.19. The van der Waals surface area contributed by atoms with E-state index in [1.54, 1.807) is 7.11 Å². The lowest BCUT2D eigenvalue weighted by Gasteiger charge is -2.36. The number of ether oxygens (including phenoxy) is 2. The normalized spacial score (nSPS) is 28.6. The first kappa shape index (κ1) is 15.8. The van der Waals surface area contributed by atoms with Crippen LogP contribution in [0, 0.1) is 25.2 Å². The van der Waals surface area contributed by atoms with E-state index in [2.05, 4.69) is 30.9 Å². The number of aliphatic hydroxyl groups excluding tert-OH is 1. The molecule has 3 rings (SSSR count). The van der Waals surface area contributed by atoms with Gasteiger partial charge in [-0.15, -0.1) is 0 Å². The molecule has 0 unspecified atom stereocenters. The Morgan fingerprint density at radius 1 is 1.36 bits per heavy atom. The molecule has 0 aliphatic carbocycles. The van der Waals surface area contributed by atoms with Gasteiger partial charge in [0, 0.05) is 31.7 Å². The predicted molar refractivity (Wildman–Crippen MR) is 86.2 cm³/mol. The van der Waals surface area contributed by atoms with E-state index in [0.717, 1.165) is 38.4 Å². The monoisotopic (exact) mass is 305 g/mol. The number of hydrogen-bond donors (Lipinski definition) is 1. The van der Waals surface area contributed by atoms with Crippen LogP contribution in [-0.4, -0.2) is 50.0 Å². The molecule has 2 aliphatic rings. The van der Waals surface area contributed by atoms with Crippen molar-refractivity contribution < 1.29 is 14.6 Å². The van der Waals surface area contributed by atoms with Gasteiger partial charge in [0.1, 0.15) is 5.75 Å². The van der Waals surface area contributed by atoms with Crippen LogP contribution >= 0.6 is 0 Å². The fourth-order valence-corrected chi connectivity index (χ4v) is 4.03. The summed E-state index contributed by atoms with van der Waals surface area (Å²) in [6.07, 6.45) is 1.07. The van der Waals surface area contributed by atoms with Crippen molar-refractivity contribution in [3.8, 4) is 5.75 Å². The summed E-state index contributed by atoms with van der Waals surface area (Å²) in [5.41, 5.74) is 3.76. The molecule has 1 N–H and O–H groups in total. The number of nitrogens with zero attached hydrogens (tertiary/aromatic N) is 1. The molecule has 1 aromatic carbocycles. The molecule has 2 heterocycles. The zero-order valence-corrected chi connectivity index (χ0v) is 13.9. The number of hydrogen-bond acceptors (Lipinski definition) is 4. The van der Waals surface area contributed by atoms with Gasteiger partial charge in [-0.05, 0) is 48.9 Å². The quantitative estimate of drug-likeness (QED) is 0.925. The van der Waals surface area contributed by atoms with Gasteiger partial charge < -0.3 is 14.6 Å². The highest BCUT2D eigenvalue weighted by atomic mass is 16.5. The maximum atomic E-state index is 9.88. The molecule has 4 nitrogen and oxygen atoms in total. The Labute approximate surface area is 133 Å². The summed E-state index contributed by atoms with van der Waals surface area (Å²) in [4.78, 5) is 2.48. The van der Waals surface area contributed by atoms with E-state index in [9.17, 15) is 5.11 Å². The van der Waals surface area contributed by atoms with Gasteiger partial charge in [-0.3, -0.25) is 4.90 Å². The maximum absolute atomic E-state index is 9.88. The highest BCUT2D eigenvalue weighted by Crippen LogP contribution is 2.41. The Balaban J connectivity index is 1.76. The molecule has 0 amide bonds. The Morgan fingerprint density at radius 2 is 2.18 bits per heavy atom. The van der Waals surface area contributed by atoms with E-state index in [4.69, 9.17) is 9.47 Å². The van der Waals surface area contributed by atoms with Crippen LogP contribution in [0.1, 0.15) is 23.1 Å². The van der Waals surface area contributed by atoms with Crippen LogP contribution in [0.3, 0.4) is 0 Å². The fourth-order valence-electron chi connectivity index (χ4n) is 4.03. The van der Waals surface area contributed by atoms with Gasteiger partial charge in [0.2, 0.25) is 0 Å². The summed E-state index contributed by atoms with van der Waals surface area (Å²) < 4.78 is 11.0. The Hall–Kier alpha value is -1.10. The second-order valence-electron chi connectivity index (χ2n) is 6.98. The Kier molecular flexibility index (Phi) is 4.44. The first-order valence-electron chi connectivity index (χ1n) is 8.13. The van der Waals surface area contributed by atoms with Crippen molar-refractivity contribution in [1.29, 1.82) is 0 Å². The zero-order chi connectivity index (χ0) is 15.7. The molecule has 0 saturated carbocycles. The summed E-state index contributed by atoms with van der Waals surface area (Å²) in [6.45, 7) is 8.93. The maximum Gasteiger partial charge on any atom is 0.122 e. The third-order valence-corrected chi connectivity index (χ3v) is 5.45. The Bertz CT molecular complexity index is 545. The van der Waals surface area contributed by atoms with E-state index in [1.807, 2.05) is 0 Å². The molecule has 4 heteroatoms. The van der Waals surface area contributed by atoms with Crippen molar-refractivity contribution in [2.75, 3.05) is 40.0 Å². The lowest BCUT2D eigenvalue weighted by atomic mass is 9.76. The minimum Gasteiger partial charge on any atom is -0.496 e. The SMILES string of the molecule is COc1cc(C)c(CN2C[C@@H]3CCOC[C@]3(CO)C2)cc1C. The van der Waals surface area contributed by atoms with E-state index in [1.165, 1.54) is 16.7 Å². The third-order valence-electron chi connectivity index (χ3n) is 5.45. The van der Waals surface area contributed by atoms with Crippen LogP contribution in [0.25, 0.3) is 0 Å². The van der Waals surface area contributed by atoms with Crippen LogP contribution in [0.15, 0.2) is 12.1 Å². The molecule has 0 bridgehead atoms. The average Bonchev–Trinajstić information content (AvgIpc) is 2.89. The molecular formula is C18H27NO3. The first-order chi connectivity index (χ1) is 10.6. The van der Waals surface area contributed by atoms with Crippen molar-refractivity contribution in [2.45, 2.75) is 26.8 Å². The van der Waals surface area contributed by atoms with Crippen LogP contribution < -0.4 is 4.74 Å². The van der Waals surface area contributed by atoms with E-state index >= 15 is 0 Å². The predicted octanol–water partition coefficient (Wildman–Crippen LogP) is 2.14. The molecule has 2 atom stereocenters. The van der Waals surface area contributed by atoms with E-state index in [-0.39, 0.29) is 12.0 Å². The van der Waals surface area contributed by atoms with Crippen molar-refractivity contribution in [2.24, 2.45) is 11.3 Å². The Morgan fingerprint density at radius 3 is 2.86 bits per heavy atom. The lowest BCUT2D eigenvalue weighted by molar-refractivity contribution is -0.0561. The van der Waals surface area contributed by atoms with E-state index in [0.29, 0.717) is 12.5 Å². The minimum absolute atomic E-state index is 0.0479. The van der Waals surface area contributed by atoms with E-state index < -0.39 is 0 Å². The first-order valence-corrected chi connectivity index (χ1v) is 8.13. The number of methoxy groups -OCH3 is 1. The zero-order valence-electron chi connectivity index (χ0n) is 13.9. The highest BCUT2D eigenvalue weighted by Gasteiger charge is 2.47. The average molecular weight is 305 g/mol. The van der Waals surface area contributed by atoms with Gasteiger partial charge in [-0.2, -0.15) is 0 Å². The summed E-state index contributed by atoms with van der Waals surface area (Å²) in [5, 5.41) is 9.88. The van der Waals surface area contributed by atoms with Crippen molar-refractivity contribution in [3.05, 3.63) is 28.8 Å². The van der Waals surface area contributed by atoms with Crippen LogP contribution in [0.4, 0.5) is 0 Å². The molecule has 22 heavy (non-hydrogen) atoms. The molecule has 122 valence electrons. The largest absolute Gasteiger partial charge is 0.496 e. The molecule has 1 aromatic rings. The smallest absolute Gasteiger partial charge is 0.122 e. The van der Waals surface area contributed by atoms with Crippen molar-refractivity contribution in [3.63, 3.8) is 0 Å². The van der Waals surface area contributed by atoms with Gasteiger partial charge in [-0.1, -0.05) is 6.07 Å². The number of fused-ring (bicyclic) bond motifs is 1. The highest BCUT2D eigenvalue weighted by molar-refractivity contribution is 5.41. The van der Waals surface area contributed by atoms with Gasteiger partial charge in [0.25, 0.3) is 0 Å². The van der Waals surface area contributed by atoms with Gasteiger partial charge in [0.05, 0.1) is 20.3 Å². The molecule has 0 aromatic heterocycles. The second-order valence-corrected chi connectivity index (χ2v) is 6.98. The van der Waals surface area contributed by atoms with Crippen molar-refractivity contribution in [1.82, 2.24) is 4.90 Å².